The Labute approximate surface area is 119 Å². The third-order valence-corrected chi connectivity index (χ3v) is 4.14. The minimum atomic E-state index is 0.0735. The van der Waals surface area contributed by atoms with Gasteiger partial charge >= 0.3 is 0 Å². The highest BCUT2D eigenvalue weighted by atomic mass is 32.1. The fourth-order valence-electron chi connectivity index (χ4n) is 2.03. The molecule has 0 aliphatic rings. The minimum absolute atomic E-state index is 0.0735. The highest BCUT2D eigenvalue weighted by Gasteiger charge is 2.14. The molecule has 5 heteroatoms. The molecule has 0 aromatic carbocycles. The van der Waals surface area contributed by atoms with Gasteiger partial charge < -0.3 is 11.1 Å². The van der Waals surface area contributed by atoms with E-state index in [9.17, 15) is 4.79 Å². The quantitative estimate of drug-likeness (QED) is 0.769. The number of amides is 1. The molecule has 0 saturated carbocycles. The van der Waals surface area contributed by atoms with Gasteiger partial charge in [-0.3, -0.25) is 4.79 Å². The molecular formula is C14H25N3OS. The number of aryl methyl sites for hydroxylation is 1. The predicted octanol–water partition coefficient (Wildman–Crippen LogP) is 2.33. The average molecular weight is 283 g/mol. The van der Waals surface area contributed by atoms with E-state index < -0.39 is 0 Å². The van der Waals surface area contributed by atoms with Crippen molar-refractivity contribution in [3.8, 4) is 0 Å². The molecule has 0 radical (unpaired) electrons. The van der Waals surface area contributed by atoms with E-state index in [4.69, 9.17) is 5.73 Å². The second-order valence-electron chi connectivity index (χ2n) is 5.29. The summed E-state index contributed by atoms with van der Waals surface area (Å²) < 4.78 is 0. The number of nitrogens with two attached hydrogens (primary N) is 1. The van der Waals surface area contributed by atoms with Gasteiger partial charge in [0.25, 0.3) is 0 Å². The van der Waals surface area contributed by atoms with Crippen LogP contribution >= 0.6 is 11.3 Å². The van der Waals surface area contributed by atoms with Crippen LogP contribution < -0.4 is 11.1 Å². The van der Waals surface area contributed by atoms with Crippen molar-refractivity contribution in [2.45, 2.75) is 46.6 Å². The van der Waals surface area contributed by atoms with E-state index in [2.05, 4.69) is 31.1 Å². The molecule has 1 rings (SSSR count). The Hall–Kier alpha value is -0.940. The van der Waals surface area contributed by atoms with Crippen molar-refractivity contribution in [1.29, 1.82) is 0 Å². The largest absolute Gasteiger partial charge is 0.350 e. The van der Waals surface area contributed by atoms with E-state index in [0.717, 1.165) is 17.8 Å². The number of hydrogen-bond donors (Lipinski definition) is 2. The molecule has 3 N–H and O–H groups in total. The van der Waals surface area contributed by atoms with E-state index in [1.807, 2.05) is 6.20 Å². The minimum Gasteiger partial charge on any atom is -0.350 e. The van der Waals surface area contributed by atoms with Crippen molar-refractivity contribution < 1.29 is 4.79 Å². The topological polar surface area (TPSA) is 68.0 Å². The molecule has 108 valence electrons. The van der Waals surface area contributed by atoms with Gasteiger partial charge in [-0.1, -0.05) is 20.8 Å². The van der Waals surface area contributed by atoms with Crippen molar-refractivity contribution in [2.75, 3.05) is 6.54 Å². The number of hydrogen-bond acceptors (Lipinski definition) is 4. The third-order valence-electron chi connectivity index (χ3n) is 3.00. The van der Waals surface area contributed by atoms with Crippen molar-refractivity contribution >= 4 is 17.2 Å². The maximum atomic E-state index is 11.9. The maximum Gasteiger partial charge on any atom is 0.220 e. The summed E-state index contributed by atoms with van der Waals surface area (Å²) in [6.45, 7) is 7.52. The van der Waals surface area contributed by atoms with Gasteiger partial charge in [-0.05, 0) is 31.2 Å². The number of aromatic nitrogens is 1. The van der Waals surface area contributed by atoms with Gasteiger partial charge in [-0.2, -0.15) is 0 Å². The molecular weight excluding hydrogens is 258 g/mol. The van der Waals surface area contributed by atoms with Crippen molar-refractivity contribution in [3.05, 3.63) is 16.1 Å². The van der Waals surface area contributed by atoms with E-state index in [1.54, 1.807) is 11.3 Å². The molecule has 4 nitrogen and oxygen atoms in total. The first-order chi connectivity index (χ1) is 9.05. The predicted molar refractivity (Wildman–Crippen MR) is 80.0 cm³/mol. The maximum absolute atomic E-state index is 11.9. The summed E-state index contributed by atoms with van der Waals surface area (Å²) in [5.74, 6) is 0.930. The van der Waals surface area contributed by atoms with Crippen molar-refractivity contribution in [1.82, 2.24) is 10.3 Å². The normalized spacial score (nSPS) is 12.7. The zero-order chi connectivity index (χ0) is 14.3. The van der Waals surface area contributed by atoms with Crippen LogP contribution in [-0.4, -0.2) is 17.4 Å². The Bertz CT molecular complexity index is 390. The van der Waals surface area contributed by atoms with Crippen LogP contribution in [0.25, 0.3) is 0 Å². The SMILES string of the molecule is CCc1cnc(CNC(=O)CC(CN)CC(C)C)s1. The Balaban J connectivity index is 2.34. The molecule has 0 aliphatic heterocycles. The third kappa shape index (κ3) is 6.16. The fraction of sp³-hybridized carbons (Fsp3) is 0.714. The summed E-state index contributed by atoms with van der Waals surface area (Å²) in [4.78, 5) is 17.4. The van der Waals surface area contributed by atoms with Crippen LogP contribution in [-0.2, 0) is 17.8 Å². The lowest BCUT2D eigenvalue weighted by atomic mass is 9.94. The van der Waals surface area contributed by atoms with Gasteiger partial charge in [0.1, 0.15) is 5.01 Å². The van der Waals surface area contributed by atoms with Crippen LogP contribution in [0.1, 0.15) is 43.5 Å². The first-order valence-corrected chi connectivity index (χ1v) is 7.77. The smallest absolute Gasteiger partial charge is 0.220 e. The summed E-state index contributed by atoms with van der Waals surface area (Å²) in [5, 5.41) is 3.90. The molecule has 0 aliphatic carbocycles. The molecule has 0 fully saturated rings. The van der Waals surface area contributed by atoms with Gasteiger partial charge in [-0.15, -0.1) is 11.3 Å². The number of carbonyl (C=O) groups excluding carboxylic acids is 1. The molecule has 1 amide bonds. The van der Waals surface area contributed by atoms with Gasteiger partial charge in [0, 0.05) is 17.5 Å². The molecule has 0 saturated heterocycles. The zero-order valence-corrected chi connectivity index (χ0v) is 12.9. The van der Waals surface area contributed by atoms with Crippen LogP contribution in [0.4, 0.5) is 0 Å². The lowest BCUT2D eigenvalue weighted by Gasteiger charge is -2.16. The van der Waals surface area contributed by atoms with Gasteiger partial charge in [0.15, 0.2) is 0 Å². The van der Waals surface area contributed by atoms with Crippen LogP contribution in [0.2, 0.25) is 0 Å². The van der Waals surface area contributed by atoms with Crippen LogP contribution in [0.3, 0.4) is 0 Å². The lowest BCUT2D eigenvalue weighted by Crippen LogP contribution is -2.28. The second-order valence-corrected chi connectivity index (χ2v) is 6.49. The highest BCUT2D eigenvalue weighted by molar-refractivity contribution is 7.11. The van der Waals surface area contributed by atoms with Crippen LogP contribution in [0.5, 0.6) is 0 Å². The fourth-order valence-corrected chi connectivity index (χ4v) is 2.83. The number of carbonyl (C=O) groups is 1. The number of nitrogens with zero attached hydrogens (tertiary/aromatic N) is 1. The van der Waals surface area contributed by atoms with E-state index in [-0.39, 0.29) is 11.8 Å². The van der Waals surface area contributed by atoms with E-state index >= 15 is 0 Å². The van der Waals surface area contributed by atoms with E-state index in [1.165, 1.54) is 4.88 Å². The second kappa shape index (κ2) is 8.27. The lowest BCUT2D eigenvalue weighted by molar-refractivity contribution is -0.122. The van der Waals surface area contributed by atoms with Crippen molar-refractivity contribution in [2.24, 2.45) is 17.6 Å². The standard InChI is InChI=1S/C14H25N3OS/c1-4-12-8-17-14(19-12)9-16-13(18)6-11(7-15)5-10(2)3/h8,10-11H,4-7,9,15H2,1-3H3,(H,16,18). The summed E-state index contributed by atoms with van der Waals surface area (Å²) in [5.41, 5.74) is 5.71. The number of nitrogens with one attached hydrogen (secondary N) is 1. The van der Waals surface area contributed by atoms with Crippen LogP contribution in [0, 0.1) is 11.8 Å². The zero-order valence-electron chi connectivity index (χ0n) is 12.1. The molecule has 1 aromatic rings. The number of rotatable bonds is 8. The first-order valence-electron chi connectivity index (χ1n) is 6.95. The first kappa shape index (κ1) is 16.1. The van der Waals surface area contributed by atoms with Crippen molar-refractivity contribution in [3.63, 3.8) is 0 Å². The summed E-state index contributed by atoms with van der Waals surface area (Å²) in [7, 11) is 0. The van der Waals surface area contributed by atoms with Gasteiger partial charge in [0.2, 0.25) is 5.91 Å². The summed E-state index contributed by atoms with van der Waals surface area (Å²) in [6, 6.07) is 0. The Morgan fingerprint density at radius 3 is 2.79 bits per heavy atom. The molecule has 19 heavy (non-hydrogen) atoms. The molecule has 1 heterocycles. The van der Waals surface area contributed by atoms with Gasteiger partial charge in [0.05, 0.1) is 6.54 Å². The Morgan fingerprint density at radius 1 is 1.53 bits per heavy atom. The molecule has 0 bridgehead atoms. The molecule has 0 spiro atoms. The monoisotopic (exact) mass is 283 g/mol. The van der Waals surface area contributed by atoms with E-state index in [0.29, 0.717) is 25.4 Å². The Morgan fingerprint density at radius 2 is 2.26 bits per heavy atom. The Kier molecular flexibility index (Phi) is 7.02. The highest BCUT2D eigenvalue weighted by Crippen LogP contribution is 2.15. The molecule has 1 unspecified atom stereocenters. The molecule has 1 aromatic heterocycles. The summed E-state index contributed by atoms with van der Waals surface area (Å²) >= 11 is 1.66. The van der Waals surface area contributed by atoms with Crippen LogP contribution in [0.15, 0.2) is 6.20 Å². The van der Waals surface area contributed by atoms with Gasteiger partial charge in [-0.25, -0.2) is 4.98 Å². The number of thiazole rings is 1. The average Bonchev–Trinajstić information content (AvgIpc) is 2.83. The summed E-state index contributed by atoms with van der Waals surface area (Å²) in [6.07, 6.45) is 4.39. The molecule has 1 atom stereocenters.